The normalized spacial score (nSPS) is 11.0. The van der Waals surface area contributed by atoms with Crippen LogP contribution in [-0.4, -0.2) is 50.2 Å². The predicted octanol–water partition coefficient (Wildman–Crippen LogP) is 2.98. The number of rotatable bonds is 9. The van der Waals surface area contributed by atoms with Crippen LogP contribution in [0.5, 0.6) is 17.2 Å². The van der Waals surface area contributed by atoms with Crippen molar-refractivity contribution in [2.24, 2.45) is 12.0 Å². The van der Waals surface area contributed by atoms with Crippen LogP contribution in [0.4, 0.5) is 0 Å². The average Bonchev–Trinajstić information content (AvgIpc) is 2.97. The summed E-state index contributed by atoms with van der Waals surface area (Å²) in [5.41, 5.74) is 4.29. The number of aromatic nitrogens is 2. The maximum absolute atomic E-state index is 5.53. The molecule has 1 heterocycles. The maximum atomic E-state index is 5.53. The summed E-state index contributed by atoms with van der Waals surface area (Å²) in [7, 11) is 6.87. The molecule has 0 aliphatic heterocycles. The third-order valence-electron chi connectivity index (χ3n) is 4.88. The number of guanidine groups is 1. The molecule has 0 radical (unpaired) electrons. The van der Waals surface area contributed by atoms with Gasteiger partial charge in [0.15, 0.2) is 5.96 Å². The summed E-state index contributed by atoms with van der Waals surface area (Å²) in [4.78, 5) is 4.72. The molecule has 2 aromatic rings. The number of aliphatic imine (C=N–C) groups is 1. The highest BCUT2D eigenvalue weighted by atomic mass is 127. The lowest BCUT2D eigenvalue weighted by molar-refractivity contribution is 0.368. The fourth-order valence-corrected chi connectivity index (χ4v) is 3.18. The van der Waals surface area contributed by atoms with Gasteiger partial charge in [-0.2, -0.15) is 5.10 Å². The third-order valence-corrected chi connectivity index (χ3v) is 4.88. The van der Waals surface area contributed by atoms with Gasteiger partial charge in [-0.05, 0) is 27.2 Å². The molecular weight excluding hydrogens is 497 g/mol. The van der Waals surface area contributed by atoms with E-state index >= 15 is 0 Å². The van der Waals surface area contributed by atoms with Crippen molar-refractivity contribution in [3.05, 3.63) is 34.6 Å². The summed E-state index contributed by atoms with van der Waals surface area (Å²) in [5.74, 6) is 2.95. The largest absolute Gasteiger partial charge is 0.496 e. The van der Waals surface area contributed by atoms with Crippen molar-refractivity contribution in [1.82, 2.24) is 20.4 Å². The van der Waals surface area contributed by atoms with Gasteiger partial charge in [0, 0.05) is 49.1 Å². The van der Waals surface area contributed by atoms with Gasteiger partial charge in [-0.15, -0.1) is 24.0 Å². The van der Waals surface area contributed by atoms with Crippen LogP contribution in [-0.2, 0) is 20.0 Å². The molecule has 2 rings (SSSR count). The van der Waals surface area contributed by atoms with Crippen LogP contribution >= 0.6 is 24.0 Å². The van der Waals surface area contributed by atoms with Crippen LogP contribution < -0.4 is 24.8 Å². The third kappa shape index (κ3) is 6.41. The molecule has 1 aromatic heterocycles. The van der Waals surface area contributed by atoms with Gasteiger partial charge in [0.1, 0.15) is 17.2 Å². The number of aryl methyl sites for hydroxylation is 2. The summed E-state index contributed by atoms with van der Waals surface area (Å²) < 4.78 is 18.3. The lowest BCUT2D eigenvalue weighted by atomic mass is 10.1. The fourth-order valence-electron chi connectivity index (χ4n) is 3.18. The predicted molar refractivity (Wildman–Crippen MR) is 131 cm³/mol. The van der Waals surface area contributed by atoms with Crippen LogP contribution in [0.25, 0.3) is 0 Å². The Morgan fingerprint density at radius 2 is 1.67 bits per heavy atom. The quantitative estimate of drug-likeness (QED) is 0.294. The topological polar surface area (TPSA) is 81.9 Å². The van der Waals surface area contributed by atoms with Crippen LogP contribution in [0.3, 0.4) is 0 Å². The van der Waals surface area contributed by atoms with Crippen molar-refractivity contribution in [3.8, 4) is 17.2 Å². The van der Waals surface area contributed by atoms with E-state index in [1.807, 2.05) is 37.7 Å². The molecule has 0 aliphatic rings. The van der Waals surface area contributed by atoms with Crippen molar-refractivity contribution in [1.29, 1.82) is 0 Å². The molecule has 0 unspecified atom stereocenters. The number of halogens is 1. The Kier molecular flexibility index (Phi) is 10.8. The molecular formula is C21H34IN5O3. The van der Waals surface area contributed by atoms with Crippen molar-refractivity contribution in [2.75, 3.05) is 34.4 Å². The number of nitrogens with one attached hydrogen (secondary N) is 2. The molecule has 30 heavy (non-hydrogen) atoms. The SMILES string of the molecule is CCNC(=NCc1c(C)nn(C)c1C)NCCc1c(OC)cc(OC)cc1OC.I. The van der Waals surface area contributed by atoms with Gasteiger partial charge in [0.25, 0.3) is 0 Å². The number of hydrogen-bond donors (Lipinski definition) is 2. The van der Waals surface area contributed by atoms with Crippen LogP contribution in [0.1, 0.15) is 29.4 Å². The Morgan fingerprint density at radius 1 is 1.03 bits per heavy atom. The Bertz CT molecular complexity index is 826. The first-order chi connectivity index (χ1) is 13.9. The molecule has 0 fully saturated rings. The second-order valence-corrected chi connectivity index (χ2v) is 6.66. The van der Waals surface area contributed by atoms with E-state index in [-0.39, 0.29) is 24.0 Å². The highest BCUT2D eigenvalue weighted by Crippen LogP contribution is 2.34. The number of nitrogens with zero attached hydrogens (tertiary/aromatic N) is 3. The van der Waals surface area contributed by atoms with E-state index in [2.05, 4.69) is 22.7 Å². The average molecular weight is 531 g/mol. The molecule has 8 nitrogen and oxygen atoms in total. The standard InChI is InChI=1S/C21H33N5O3.HI/c1-8-22-21(24-13-18-14(2)25-26(4)15(18)3)23-10-9-17-19(28-6)11-16(27-5)12-20(17)29-7;/h11-12H,8-10,13H2,1-7H3,(H2,22,23,24);1H. The van der Waals surface area contributed by atoms with Crippen molar-refractivity contribution < 1.29 is 14.2 Å². The van der Waals surface area contributed by atoms with E-state index in [1.165, 1.54) is 0 Å². The van der Waals surface area contributed by atoms with E-state index in [4.69, 9.17) is 19.2 Å². The molecule has 2 N–H and O–H groups in total. The molecule has 0 bridgehead atoms. The smallest absolute Gasteiger partial charge is 0.191 e. The second kappa shape index (κ2) is 12.5. The van der Waals surface area contributed by atoms with Gasteiger partial charge in [-0.25, -0.2) is 4.99 Å². The van der Waals surface area contributed by atoms with Crippen molar-refractivity contribution in [3.63, 3.8) is 0 Å². The minimum atomic E-state index is 0. The van der Waals surface area contributed by atoms with E-state index in [1.54, 1.807) is 21.3 Å². The minimum absolute atomic E-state index is 0. The first kappa shape index (κ1) is 25.9. The zero-order chi connectivity index (χ0) is 21.4. The lowest BCUT2D eigenvalue weighted by Gasteiger charge is -2.16. The fraction of sp³-hybridized carbons (Fsp3) is 0.524. The number of hydrogen-bond acceptors (Lipinski definition) is 5. The van der Waals surface area contributed by atoms with E-state index < -0.39 is 0 Å². The van der Waals surface area contributed by atoms with Crippen LogP contribution in [0.15, 0.2) is 17.1 Å². The summed E-state index contributed by atoms with van der Waals surface area (Å²) in [5, 5.41) is 11.1. The summed E-state index contributed by atoms with van der Waals surface area (Å²) in [6, 6.07) is 3.73. The Morgan fingerprint density at radius 3 is 2.13 bits per heavy atom. The molecule has 1 aromatic carbocycles. The number of benzene rings is 1. The monoisotopic (exact) mass is 531 g/mol. The Balaban J connectivity index is 0.00000450. The summed E-state index contributed by atoms with van der Waals surface area (Å²) in [6.07, 6.45) is 0.714. The molecule has 0 aliphatic carbocycles. The summed E-state index contributed by atoms with van der Waals surface area (Å²) in [6.45, 7) is 8.17. The zero-order valence-electron chi connectivity index (χ0n) is 19.0. The molecule has 0 saturated heterocycles. The van der Waals surface area contributed by atoms with Crippen LogP contribution in [0, 0.1) is 13.8 Å². The minimum Gasteiger partial charge on any atom is -0.496 e. The van der Waals surface area contributed by atoms with Crippen molar-refractivity contribution >= 4 is 29.9 Å². The summed E-state index contributed by atoms with van der Waals surface area (Å²) >= 11 is 0. The molecule has 0 spiro atoms. The molecule has 0 atom stereocenters. The number of methoxy groups -OCH3 is 3. The zero-order valence-corrected chi connectivity index (χ0v) is 21.3. The first-order valence-corrected chi connectivity index (χ1v) is 9.75. The number of ether oxygens (including phenoxy) is 3. The maximum Gasteiger partial charge on any atom is 0.191 e. The Labute approximate surface area is 196 Å². The molecule has 0 saturated carbocycles. The second-order valence-electron chi connectivity index (χ2n) is 6.66. The van der Waals surface area contributed by atoms with E-state index in [9.17, 15) is 0 Å². The molecule has 9 heteroatoms. The van der Waals surface area contributed by atoms with E-state index in [0.29, 0.717) is 25.3 Å². The van der Waals surface area contributed by atoms with Gasteiger partial charge in [-0.1, -0.05) is 0 Å². The highest BCUT2D eigenvalue weighted by Gasteiger charge is 2.13. The van der Waals surface area contributed by atoms with Gasteiger partial charge in [-0.3, -0.25) is 4.68 Å². The Hall–Kier alpha value is -2.17. The molecule has 0 amide bonds. The van der Waals surface area contributed by atoms with Crippen molar-refractivity contribution in [2.45, 2.75) is 33.7 Å². The van der Waals surface area contributed by atoms with Gasteiger partial charge < -0.3 is 24.8 Å². The van der Waals surface area contributed by atoms with Crippen LogP contribution in [0.2, 0.25) is 0 Å². The molecule has 168 valence electrons. The lowest BCUT2D eigenvalue weighted by Crippen LogP contribution is -2.38. The van der Waals surface area contributed by atoms with E-state index in [0.717, 1.165) is 46.5 Å². The van der Waals surface area contributed by atoms with Gasteiger partial charge in [0.05, 0.1) is 33.6 Å². The highest BCUT2D eigenvalue weighted by molar-refractivity contribution is 14.0. The van der Waals surface area contributed by atoms with Gasteiger partial charge >= 0.3 is 0 Å². The van der Waals surface area contributed by atoms with Gasteiger partial charge in [0.2, 0.25) is 0 Å². The first-order valence-electron chi connectivity index (χ1n) is 9.75.